The van der Waals surface area contributed by atoms with Crippen molar-refractivity contribution in [1.29, 1.82) is 0 Å². The number of hydrogen-bond acceptors (Lipinski definition) is 2. The second-order valence-corrected chi connectivity index (χ2v) is 4.08. The van der Waals surface area contributed by atoms with Crippen molar-refractivity contribution in [2.24, 2.45) is 0 Å². The topological polar surface area (TPSA) is 25.2 Å². The van der Waals surface area contributed by atoms with Crippen molar-refractivity contribution in [2.75, 3.05) is 7.05 Å². The molecule has 0 saturated carbocycles. The Kier molecular flexibility index (Phi) is 3.77. The maximum absolute atomic E-state index is 13.6. The monoisotopic (exact) mass is 251 g/mol. The van der Waals surface area contributed by atoms with Crippen LogP contribution in [0, 0.1) is 11.6 Å². The largest absolute Gasteiger partial charge is 0.459 e. The van der Waals surface area contributed by atoms with Crippen molar-refractivity contribution in [3.8, 4) is 11.3 Å². The summed E-state index contributed by atoms with van der Waals surface area (Å²) < 4.78 is 32.3. The zero-order valence-corrected chi connectivity index (χ0v) is 10.3. The normalized spacial score (nSPS) is 12.7. The molecule has 1 aromatic carbocycles. The highest BCUT2D eigenvalue weighted by atomic mass is 19.1. The fraction of sp³-hybridized carbons (Fsp3) is 0.286. The van der Waals surface area contributed by atoms with Gasteiger partial charge in [0, 0.05) is 0 Å². The standard InChI is InChI=1S/C14H15F2NO/c1-3-12(17-2)14-7-6-13(18-14)10-8-9(15)4-5-11(10)16/h4-8,12,17H,3H2,1-2H3. The van der Waals surface area contributed by atoms with Crippen LogP contribution in [0.15, 0.2) is 34.7 Å². The van der Waals surface area contributed by atoms with E-state index >= 15 is 0 Å². The molecule has 0 aliphatic carbocycles. The number of hydrogen-bond donors (Lipinski definition) is 1. The van der Waals surface area contributed by atoms with E-state index < -0.39 is 11.6 Å². The summed E-state index contributed by atoms with van der Waals surface area (Å²) in [5.74, 6) is 0.0918. The molecule has 1 unspecified atom stereocenters. The molecule has 1 N–H and O–H groups in total. The highest BCUT2D eigenvalue weighted by molar-refractivity contribution is 5.58. The lowest BCUT2D eigenvalue weighted by Gasteiger charge is -2.10. The molecular weight excluding hydrogens is 236 g/mol. The van der Waals surface area contributed by atoms with Crippen LogP contribution in [0.2, 0.25) is 0 Å². The Balaban J connectivity index is 2.37. The van der Waals surface area contributed by atoms with Gasteiger partial charge in [-0.2, -0.15) is 0 Å². The second kappa shape index (κ2) is 5.31. The molecule has 0 amide bonds. The molecular formula is C14H15F2NO. The smallest absolute Gasteiger partial charge is 0.137 e. The number of furan rings is 1. The molecule has 0 radical (unpaired) electrons. The number of benzene rings is 1. The summed E-state index contributed by atoms with van der Waals surface area (Å²) >= 11 is 0. The second-order valence-electron chi connectivity index (χ2n) is 4.08. The molecule has 1 atom stereocenters. The van der Waals surface area contributed by atoms with Gasteiger partial charge in [0.05, 0.1) is 11.6 Å². The SMILES string of the molecule is CCC(NC)c1ccc(-c2cc(F)ccc2F)o1. The average molecular weight is 251 g/mol. The van der Waals surface area contributed by atoms with E-state index in [0.717, 1.165) is 30.4 Å². The molecule has 1 heterocycles. The maximum atomic E-state index is 13.6. The molecule has 0 bridgehead atoms. The first-order valence-corrected chi connectivity index (χ1v) is 5.88. The van der Waals surface area contributed by atoms with Gasteiger partial charge < -0.3 is 9.73 Å². The fourth-order valence-electron chi connectivity index (χ4n) is 1.92. The Morgan fingerprint density at radius 2 is 2.00 bits per heavy atom. The third-order valence-electron chi connectivity index (χ3n) is 2.92. The summed E-state index contributed by atoms with van der Waals surface area (Å²) in [5, 5.41) is 3.10. The van der Waals surface area contributed by atoms with E-state index in [-0.39, 0.29) is 11.6 Å². The quantitative estimate of drug-likeness (QED) is 0.891. The molecule has 4 heteroatoms. The van der Waals surface area contributed by atoms with Crippen molar-refractivity contribution < 1.29 is 13.2 Å². The third kappa shape index (κ3) is 2.43. The summed E-state index contributed by atoms with van der Waals surface area (Å²) in [6, 6.07) is 6.85. The summed E-state index contributed by atoms with van der Waals surface area (Å²) in [5.41, 5.74) is 0.146. The van der Waals surface area contributed by atoms with E-state index in [1.807, 2.05) is 14.0 Å². The highest BCUT2D eigenvalue weighted by Crippen LogP contribution is 2.28. The zero-order chi connectivity index (χ0) is 13.1. The molecule has 18 heavy (non-hydrogen) atoms. The number of nitrogens with one attached hydrogen (secondary N) is 1. The van der Waals surface area contributed by atoms with Gasteiger partial charge in [-0.25, -0.2) is 8.78 Å². The van der Waals surface area contributed by atoms with Gasteiger partial charge in [0.2, 0.25) is 0 Å². The minimum Gasteiger partial charge on any atom is -0.459 e. The van der Waals surface area contributed by atoms with Crippen molar-refractivity contribution in [3.05, 3.63) is 47.7 Å². The van der Waals surface area contributed by atoms with Gasteiger partial charge in [0.25, 0.3) is 0 Å². The van der Waals surface area contributed by atoms with Crippen LogP contribution in [0.3, 0.4) is 0 Å². The van der Waals surface area contributed by atoms with Gasteiger partial charge in [-0.15, -0.1) is 0 Å². The minimum absolute atomic E-state index is 0.0790. The van der Waals surface area contributed by atoms with Crippen molar-refractivity contribution in [2.45, 2.75) is 19.4 Å². The molecule has 0 saturated heterocycles. The first kappa shape index (κ1) is 12.8. The number of rotatable bonds is 4. The first-order valence-electron chi connectivity index (χ1n) is 5.88. The van der Waals surface area contributed by atoms with E-state index in [0.29, 0.717) is 5.76 Å². The van der Waals surface area contributed by atoms with Crippen LogP contribution in [-0.2, 0) is 0 Å². The van der Waals surface area contributed by atoms with E-state index in [1.54, 1.807) is 12.1 Å². The van der Waals surface area contributed by atoms with Gasteiger partial charge in [0.15, 0.2) is 0 Å². The Morgan fingerprint density at radius 1 is 1.22 bits per heavy atom. The van der Waals surface area contributed by atoms with E-state index in [9.17, 15) is 8.78 Å². The van der Waals surface area contributed by atoms with Crippen LogP contribution in [0.25, 0.3) is 11.3 Å². The van der Waals surface area contributed by atoms with E-state index in [4.69, 9.17) is 4.42 Å². The summed E-state index contributed by atoms with van der Waals surface area (Å²) in [4.78, 5) is 0. The van der Waals surface area contributed by atoms with E-state index in [2.05, 4.69) is 5.32 Å². The van der Waals surface area contributed by atoms with Crippen LogP contribution in [0.4, 0.5) is 8.78 Å². The van der Waals surface area contributed by atoms with Gasteiger partial charge in [0.1, 0.15) is 23.2 Å². The van der Waals surface area contributed by atoms with Gasteiger partial charge >= 0.3 is 0 Å². The fourth-order valence-corrected chi connectivity index (χ4v) is 1.92. The molecule has 0 spiro atoms. The maximum Gasteiger partial charge on any atom is 0.137 e. The number of halogens is 2. The molecule has 2 nitrogen and oxygen atoms in total. The summed E-state index contributed by atoms with van der Waals surface area (Å²) in [7, 11) is 1.83. The van der Waals surface area contributed by atoms with Crippen LogP contribution >= 0.6 is 0 Å². The summed E-state index contributed by atoms with van der Waals surface area (Å²) in [6.45, 7) is 2.02. The van der Waals surface area contributed by atoms with Gasteiger partial charge in [-0.1, -0.05) is 6.92 Å². The van der Waals surface area contributed by atoms with Gasteiger partial charge in [-0.3, -0.25) is 0 Å². The van der Waals surface area contributed by atoms with Crippen molar-refractivity contribution in [3.63, 3.8) is 0 Å². The zero-order valence-electron chi connectivity index (χ0n) is 10.3. The first-order chi connectivity index (χ1) is 8.65. The van der Waals surface area contributed by atoms with Crippen LogP contribution < -0.4 is 5.32 Å². The molecule has 0 aliphatic rings. The van der Waals surface area contributed by atoms with Gasteiger partial charge in [-0.05, 0) is 43.8 Å². The molecule has 2 rings (SSSR count). The molecule has 0 aliphatic heterocycles. The minimum atomic E-state index is -0.491. The molecule has 2 aromatic rings. The lowest BCUT2D eigenvalue weighted by Crippen LogP contribution is -2.14. The predicted octanol–water partition coefficient (Wildman–Crippen LogP) is 3.90. The average Bonchev–Trinajstić information content (AvgIpc) is 2.83. The lowest BCUT2D eigenvalue weighted by molar-refractivity contribution is 0.429. The Bertz CT molecular complexity index is 532. The molecule has 0 fully saturated rings. The third-order valence-corrected chi connectivity index (χ3v) is 2.92. The van der Waals surface area contributed by atoms with Crippen molar-refractivity contribution >= 4 is 0 Å². The van der Waals surface area contributed by atoms with Crippen LogP contribution in [0.1, 0.15) is 25.1 Å². The Morgan fingerprint density at radius 3 is 2.67 bits per heavy atom. The predicted molar refractivity (Wildman–Crippen MR) is 66.2 cm³/mol. The molecule has 1 aromatic heterocycles. The highest BCUT2D eigenvalue weighted by Gasteiger charge is 2.15. The Labute approximate surface area is 105 Å². The van der Waals surface area contributed by atoms with Crippen molar-refractivity contribution in [1.82, 2.24) is 5.32 Å². The van der Waals surface area contributed by atoms with Crippen LogP contribution in [0.5, 0.6) is 0 Å². The van der Waals surface area contributed by atoms with E-state index in [1.165, 1.54) is 0 Å². The Hall–Kier alpha value is -1.68. The van der Waals surface area contributed by atoms with Crippen LogP contribution in [-0.4, -0.2) is 7.05 Å². The molecule has 96 valence electrons. The lowest BCUT2D eigenvalue weighted by atomic mass is 10.1. The summed E-state index contributed by atoms with van der Waals surface area (Å²) in [6.07, 6.45) is 0.856.